The number of carbonyl (C=O) groups excluding carboxylic acids is 1. The number of nitrogens with zero attached hydrogens (tertiary/aromatic N) is 5. The molecule has 8 heteroatoms. The van der Waals surface area contributed by atoms with E-state index in [0.29, 0.717) is 17.2 Å². The van der Waals surface area contributed by atoms with Gasteiger partial charge in [-0.2, -0.15) is 11.3 Å². The van der Waals surface area contributed by atoms with Crippen LogP contribution in [0.1, 0.15) is 10.4 Å². The van der Waals surface area contributed by atoms with Crippen LogP contribution < -0.4 is 15.1 Å². The summed E-state index contributed by atoms with van der Waals surface area (Å²) in [7, 11) is 0. The van der Waals surface area contributed by atoms with E-state index < -0.39 is 0 Å². The van der Waals surface area contributed by atoms with Gasteiger partial charge in [0.2, 0.25) is 5.95 Å². The number of pyridine rings is 1. The van der Waals surface area contributed by atoms with Crippen molar-refractivity contribution in [3.8, 4) is 0 Å². The first-order chi connectivity index (χ1) is 12.8. The van der Waals surface area contributed by atoms with E-state index in [9.17, 15) is 4.79 Å². The minimum atomic E-state index is -0.147. The Kier molecular flexibility index (Phi) is 4.74. The van der Waals surface area contributed by atoms with Crippen LogP contribution in [-0.2, 0) is 0 Å². The average Bonchev–Trinajstić information content (AvgIpc) is 3.25. The standard InChI is InChI=1S/C18H18N6OS/c25-17(14-4-10-26-13-14)22-15-11-20-18(21-12-15)24-8-6-23(7-9-24)16-3-1-2-5-19-16/h1-5,10-13H,6-9H2,(H,22,25). The maximum Gasteiger partial charge on any atom is 0.256 e. The van der Waals surface area contributed by atoms with Gasteiger partial charge in [-0.05, 0) is 23.6 Å². The summed E-state index contributed by atoms with van der Waals surface area (Å²) in [6.45, 7) is 3.41. The Morgan fingerprint density at radius 1 is 1.00 bits per heavy atom. The van der Waals surface area contributed by atoms with E-state index in [1.807, 2.05) is 35.2 Å². The summed E-state index contributed by atoms with van der Waals surface area (Å²) >= 11 is 1.49. The van der Waals surface area contributed by atoms with Gasteiger partial charge in [0.15, 0.2) is 0 Å². The summed E-state index contributed by atoms with van der Waals surface area (Å²) in [4.78, 5) is 29.7. The third-order valence-electron chi connectivity index (χ3n) is 4.22. The minimum absolute atomic E-state index is 0.147. The molecule has 3 aromatic rings. The molecule has 1 N–H and O–H groups in total. The maximum atomic E-state index is 12.1. The molecule has 132 valence electrons. The van der Waals surface area contributed by atoms with Crippen LogP contribution in [0.15, 0.2) is 53.6 Å². The molecule has 0 aromatic carbocycles. The molecular formula is C18H18N6OS. The van der Waals surface area contributed by atoms with Gasteiger partial charge in [-0.25, -0.2) is 15.0 Å². The number of anilines is 3. The molecule has 26 heavy (non-hydrogen) atoms. The van der Waals surface area contributed by atoms with Crippen LogP contribution in [0.5, 0.6) is 0 Å². The Morgan fingerprint density at radius 2 is 1.77 bits per heavy atom. The largest absolute Gasteiger partial charge is 0.353 e. The lowest BCUT2D eigenvalue weighted by Gasteiger charge is -2.35. The highest BCUT2D eigenvalue weighted by Crippen LogP contribution is 2.17. The summed E-state index contributed by atoms with van der Waals surface area (Å²) in [5.41, 5.74) is 1.24. The molecule has 4 heterocycles. The second kappa shape index (κ2) is 7.49. The van der Waals surface area contributed by atoms with Crippen molar-refractivity contribution < 1.29 is 4.79 Å². The Morgan fingerprint density at radius 3 is 2.42 bits per heavy atom. The average molecular weight is 366 g/mol. The second-order valence-electron chi connectivity index (χ2n) is 5.90. The van der Waals surface area contributed by atoms with Crippen LogP contribution in [0, 0.1) is 0 Å². The Labute approximate surface area is 155 Å². The highest BCUT2D eigenvalue weighted by Gasteiger charge is 2.19. The third kappa shape index (κ3) is 3.65. The summed E-state index contributed by atoms with van der Waals surface area (Å²) in [5.74, 6) is 1.53. The lowest BCUT2D eigenvalue weighted by molar-refractivity contribution is 0.102. The molecule has 0 spiro atoms. The number of hydrogen-bond donors (Lipinski definition) is 1. The molecule has 0 bridgehead atoms. The highest BCUT2D eigenvalue weighted by atomic mass is 32.1. The first-order valence-electron chi connectivity index (χ1n) is 8.36. The van der Waals surface area contributed by atoms with Gasteiger partial charge in [0, 0.05) is 37.8 Å². The van der Waals surface area contributed by atoms with Gasteiger partial charge in [0.05, 0.1) is 23.6 Å². The van der Waals surface area contributed by atoms with Crippen molar-refractivity contribution in [2.24, 2.45) is 0 Å². The first-order valence-corrected chi connectivity index (χ1v) is 9.30. The van der Waals surface area contributed by atoms with Gasteiger partial charge >= 0.3 is 0 Å². The first kappa shape index (κ1) is 16.5. The van der Waals surface area contributed by atoms with Crippen molar-refractivity contribution in [1.29, 1.82) is 0 Å². The van der Waals surface area contributed by atoms with Crippen molar-refractivity contribution in [3.63, 3.8) is 0 Å². The Balaban J connectivity index is 1.35. The molecule has 1 fully saturated rings. The molecule has 0 unspecified atom stereocenters. The van der Waals surface area contributed by atoms with E-state index in [0.717, 1.165) is 32.0 Å². The zero-order valence-corrected chi connectivity index (χ0v) is 14.9. The number of carbonyl (C=O) groups is 1. The molecule has 0 atom stereocenters. The van der Waals surface area contributed by atoms with E-state index in [1.54, 1.807) is 18.5 Å². The molecule has 1 aliphatic rings. The fraction of sp³-hybridized carbons (Fsp3) is 0.222. The third-order valence-corrected chi connectivity index (χ3v) is 4.90. The van der Waals surface area contributed by atoms with E-state index >= 15 is 0 Å². The summed E-state index contributed by atoms with van der Waals surface area (Å²) in [6.07, 6.45) is 5.11. The van der Waals surface area contributed by atoms with Gasteiger partial charge in [-0.15, -0.1) is 0 Å². The number of amides is 1. The molecule has 0 radical (unpaired) electrons. The number of piperazine rings is 1. The Hall–Kier alpha value is -3.00. The Bertz CT molecular complexity index is 845. The SMILES string of the molecule is O=C(Nc1cnc(N2CCN(c3ccccn3)CC2)nc1)c1ccsc1. The van der Waals surface area contributed by atoms with Crippen molar-refractivity contribution in [3.05, 3.63) is 59.2 Å². The normalized spacial score (nSPS) is 14.3. The molecule has 1 amide bonds. The number of nitrogens with one attached hydrogen (secondary N) is 1. The fourth-order valence-electron chi connectivity index (χ4n) is 2.82. The van der Waals surface area contributed by atoms with Crippen LogP contribution in [0.2, 0.25) is 0 Å². The van der Waals surface area contributed by atoms with Gasteiger partial charge in [-0.1, -0.05) is 6.07 Å². The second-order valence-corrected chi connectivity index (χ2v) is 6.68. The number of thiophene rings is 1. The lowest BCUT2D eigenvalue weighted by atomic mass is 10.3. The van der Waals surface area contributed by atoms with Crippen LogP contribution in [0.25, 0.3) is 0 Å². The van der Waals surface area contributed by atoms with Crippen molar-refractivity contribution in [1.82, 2.24) is 15.0 Å². The van der Waals surface area contributed by atoms with Crippen molar-refractivity contribution >= 4 is 34.7 Å². The lowest BCUT2D eigenvalue weighted by Crippen LogP contribution is -2.47. The summed E-state index contributed by atoms with van der Waals surface area (Å²) in [6, 6.07) is 7.74. The number of aromatic nitrogens is 3. The molecule has 3 aromatic heterocycles. The number of hydrogen-bond acceptors (Lipinski definition) is 7. The topological polar surface area (TPSA) is 74.2 Å². The highest BCUT2D eigenvalue weighted by molar-refractivity contribution is 7.08. The predicted molar refractivity (Wildman–Crippen MR) is 103 cm³/mol. The van der Waals surface area contributed by atoms with Crippen molar-refractivity contribution in [2.75, 3.05) is 41.3 Å². The van der Waals surface area contributed by atoms with Gasteiger partial charge in [0.25, 0.3) is 5.91 Å². The summed E-state index contributed by atoms with van der Waals surface area (Å²) in [5, 5.41) is 6.50. The van der Waals surface area contributed by atoms with Gasteiger partial charge in [-0.3, -0.25) is 4.79 Å². The fourth-order valence-corrected chi connectivity index (χ4v) is 3.46. The van der Waals surface area contributed by atoms with Crippen LogP contribution in [0.3, 0.4) is 0 Å². The maximum absolute atomic E-state index is 12.1. The van der Waals surface area contributed by atoms with E-state index in [-0.39, 0.29) is 5.91 Å². The van der Waals surface area contributed by atoms with Gasteiger partial charge in [0.1, 0.15) is 5.82 Å². The van der Waals surface area contributed by atoms with Gasteiger partial charge < -0.3 is 15.1 Å². The zero-order valence-electron chi connectivity index (χ0n) is 14.1. The van der Waals surface area contributed by atoms with Crippen molar-refractivity contribution in [2.45, 2.75) is 0 Å². The molecule has 4 rings (SSSR count). The molecule has 0 aliphatic carbocycles. The molecule has 1 aliphatic heterocycles. The summed E-state index contributed by atoms with van der Waals surface area (Å²) < 4.78 is 0. The number of rotatable bonds is 4. The molecular weight excluding hydrogens is 348 g/mol. The smallest absolute Gasteiger partial charge is 0.256 e. The quantitative estimate of drug-likeness (QED) is 0.765. The van der Waals surface area contributed by atoms with E-state index in [1.165, 1.54) is 11.3 Å². The predicted octanol–water partition coefficient (Wildman–Crippen LogP) is 2.51. The zero-order chi connectivity index (χ0) is 17.8. The monoisotopic (exact) mass is 366 g/mol. The van der Waals surface area contributed by atoms with Crippen LogP contribution in [-0.4, -0.2) is 47.0 Å². The van der Waals surface area contributed by atoms with Crippen LogP contribution in [0.4, 0.5) is 17.5 Å². The van der Waals surface area contributed by atoms with E-state index in [4.69, 9.17) is 0 Å². The minimum Gasteiger partial charge on any atom is -0.353 e. The van der Waals surface area contributed by atoms with E-state index in [2.05, 4.69) is 30.1 Å². The molecule has 1 saturated heterocycles. The molecule has 7 nitrogen and oxygen atoms in total. The van der Waals surface area contributed by atoms with Crippen LogP contribution >= 0.6 is 11.3 Å². The molecule has 0 saturated carbocycles.